The van der Waals surface area contributed by atoms with Crippen LogP contribution in [-0.2, 0) is 10.0 Å². The topological polar surface area (TPSA) is 148 Å². The second kappa shape index (κ2) is 9.29. The quantitative estimate of drug-likeness (QED) is 0.274. The van der Waals surface area contributed by atoms with E-state index in [0.29, 0.717) is 10.8 Å². The molecule has 3 N–H and O–H groups in total. The summed E-state index contributed by atoms with van der Waals surface area (Å²) in [5.74, 6) is -1.56. The van der Waals surface area contributed by atoms with Gasteiger partial charge < -0.3 is 0 Å². The maximum atomic E-state index is 12.9. The van der Waals surface area contributed by atoms with Gasteiger partial charge >= 0.3 is 0 Å². The van der Waals surface area contributed by atoms with E-state index < -0.39 is 26.8 Å². The number of nitro groups is 1. The second-order valence-electron chi connectivity index (χ2n) is 7.00. The average Bonchev–Trinajstić information content (AvgIpc) is 3.38. The minimum absolute atomic E-state index is 0.0224. The number of anilines is 1. The van der Waals surface area contributed by atoms with E-state index in [-0.39, 0.29) is 26.7 Å². The number of nitro benzene ring substituents is 1. The highest BCUT2D eigenvalue weighted by Gasteiger charge is 2.21. The van der Waals surface area contributed by atoms with Gasteiger partial charge in [0, 0.05) is 17.7 Å². The Kier molecular flexibility index (Phi) is 6.25. The third-order valence-corrected chi connectivity index (χ3v) is 7.51. The van der Waals surface area contributed by atoms with Crippen LogP contribution in [0.3, 0.4) is 0 Å². The van der Waals surface area contributed by atoms with Gasteiger partial charge in [-0.15, -0.1) is 11.3 Å². The van der Waals surface area contributed by atoms with Gasteiger partial charge in [0.15, 0.2) is 0 Å². The molecule has 0 aliphatic heterocycles. The predicted molar refractivity (Wildman–Crippen MR) is 127 cm³/mol. The molecule has 0 fully saturated rings. The van der Waals surface area contributed by atoms with Crippen LogP contribution in [0.25, 0.3) is 10.8 Å². The van der Waals surface area contributed by atoms with E-state index in [1.165, 1.54) is 36.4 Å². The molecule has 4 rings (SSSR count). The maximum Gasteiger partial charge on any atom is 0.271 e. The molecule has 1 heterocycles. The minimum Gasteiger partial charge on any atom is -0.278 e. The lowest BCUT2D eigenvalue weighted by Crippen LogP contribution is -2.42. The fourth-order valence-electron chi connectivity index (χ4n) is 3.14. The molecule has 0 radical (unpaired) electrons. The van der Waals surface area contributed by atoms with Crippen molar-refractivity contribution in [3.8, 4) is 0 Å². The summed E-state index contributed by atoms with van der Waals surface area (Å²) in [5, 5.41) is 13.9. The molecular weight excluding hydrogens is 480 g/mol. The number of thiophene rings is 1. The Balaban J connectivity index is 1.61. The molecule has 2 amide bonds. The first-order valence-electron chi connectivity index (χ1n) is 9.69. The summed E-state index contributed by atoms with van der Waals surface area (Å²) >= 11 is 1.03. The lowest BCUT2D eigenvalue weighted by atomic mass is 10.0. The van der Waals surface area contributed by atoms with Crippen LogP contribution in [0.15, 0.2) is 82.4 Å². The number of fused-ring (bicyclic) bond motifs is 1. The van der Waals surface area contributed by atoms with E-state index in [2.05, 4.69) is 15.6 Å². The number of hydrazine groups is 1. The zero-order chi connectivity index (χ0) is 24.3. The second-order valence-corrected chi connectivity index (χ2v) is 9.86. The molecule has 0 aliphatic carbocycles. The lowest BCUT2D eigenvalue weighted by molar-refractivity contribution is -0.384. The first-order valence-corrected chi connectivity index (χ1v) is 12.0. The Labute approximate surface area is 197 Å². The van der Waals surface area contributed by atoms with Crippen molar-refractivity contribution in [2.24, 2.45) is 0 Å². The summed E-state index contributed by atoms with van der Waals surface area (Å²) in [5.41, 5.74) is 4.10. The highest BCUT2D eigenvalue weighted by atomic mass is 32.2. The van der Waals surface area contributed by atoms with Crippen molar-refractivity contribution >= 4 is 55.3 Å². The highest BCUT2D eigenvalue weighted by molar-refractivity contribution is 7.94. The Morgan fingerprint density at radius 3 is 2.24 bits per heavy atom. The van der Waals surface area contributed by atoms with Gasteiger partial charge in [0.1, 0.15) is 4.21 Å². The van der Waals surface area contributed by atoms with Gasteiger partial charge in [-0.3, -0.25) is 35.3 Å². The molecule has 0 bridgehead atoms. The van der Waals surface area contributed by atoms with Gasteiger partial charge in [0.25, 0.3) is 27.5 Å². The van der Waals surface area contributed by atoms with Crippen LogP contribution in [0, 0.1) is 10.1 Å². The van der Waals surface area contributed by atoms with Crippen molar-refractivity contribution in [1.82, 2.24) is 10.9 Å². The zero-order valence-corrected chi connectivity index (χ0v) is 18.9. The first-order chi connectivity index (χ1) is 16.2. The van der Waals surface area contributed by atoms with E-state index in [4.69, 9.17) is 0 Å². The number of carbonyl (C=O) groups excluding carboxylic acids is 2. The number of hydrogen-bond acceptors (Lipinski definition) is 7. The van der Waals surface area contributed by atoms with Crippen molar-refractivity contribution in [3.63, 3.8) is 0 Å². The zero-order valence-electron chi connectivity index (χ0n) is 17.2. The van der Waals surface area contributed by atoms with Gasteiger partial charge in [-0.05, 0) is 40.4 Å². The summed E-state index contributed by atoms with van der Waals surface area (Å²) in [7, 11) is -3.94. The summed E-state index contributed by atoms with van der Waals surface area (Å²) in [6.07, 6.45) is 0. The normalized spacial score (nSPS) is 11.1. The SMILES string of the molecule is O=C(NNC(=O)c1cc2ccccc2cc1NS(=O)(=O)c1cccs1)c1cccc([N+](=O)[O-])c1. The molecule has 0 aliphatic rings. The number of nitrogens with zero attached hydrogens (tertiary/aromatic N) is 1. The molecule has 1 aromatic heterocycles. The Bertz CT molecular complexity index is 1520. The van der Waals surface area contributed by atoms with E-state index in [0.717, 1.165) is 17.4 Å². The van der Waals surface area contributed by atoms with Crippen LogP contribution >= 0.6 is 11.3 Å². The molecule has 0 atom stereocenters. The summed E-state index contributed by atoms with van der Waals surface area (Å²) in [6.45, 7) is 0. The van der Waals surface area contributed by atoms with Crippen molar-refractivity contribution in [2.75, 3.05) is 4.72 Å². The average molecular weight is 497 g/mol. The Hall–Kier alpha value is -4.29. The van der Waals surface area contributed by atoms with Crippen LogP contribution in [0.5, 0.6) is 0 Å². The molecular formula is C22H16N4O6S2. The van der Waals surface area contributed by atoms with Crippen LogP contribution in [-0.4, -0.2) is 25.2 Å². The van der Waals surface area contributed by atoms with Gasteiger partial charge in [-0.2, -0.15) is 0 Å². The van der Waals surface area contributed by atoms with Gasteiger partial charge in [0.05, 0.1) is 16.2 Å². The van der Waals surface area contributed by atoms with Crippen LogP contribution in [0.2, 0.25) is 0 Å². The Morgan fingerprint density at radius 2 is 1.56 bits per heavy atom. The Morgan fingerprint density at radius 1 is 0.853 bits per heavy atom. The third-order valence-electron chi connectivity index (χ3n) is 4.74. The summed E-state index contributed by atoms with van der Waals surface area (Å²) in [4.78, 5) is 35.6. The van der Waals surface area contributed by atoms with Crippen molar-refractivity contribution in [1.29, 1.82) is 0 Å². The number of amides is 2. The van der Waals surface area contributed by atoms with Crippen molar-refractivity contribution in [2.45, 2.75) is 4.21 Å². The molecule has 12 heteroatoms. The van der Waals surface area contributed by atoms with Gasteiger partial charge in [0.2, 0.25) is 0 Å². The van der Waals surface area contributed by atoms with E-state index in [1.807, 2.05) is 0 Å². The van der Waals surface area contributed by atoms with E-state index >= 15 is 0 Å². The van der Waals surface area contributed by atoms with Gasteiger partial charge in [-0.25, -0.2) is 8.42 Å². The minimum atomic E-state index is -3.94. The van der Waals surface area contributed by atoms with Crippen molar-refractivity contribution < 1.29 is 22.9 Å². The molecule has 0 spiro atoms. The smallest absolute Gasteiger partial charge is 0.271 e. The molecule has 172 valence electrons. The standard InChI is InChI=1S/C22H16N4O6S2/c27-21(16-7-3-8-17(11-16)26(29)30)23-24-22(28)18-12-14-5-1-2-6-15(14)13-19(18)25-34(31,32)20-9-4-10-33-20/h1-13,25H,(H,23,27)(H,24,28). The number of hydrogen-bond donors (Lipinski definition) is 3. The highest BCUT2D eigenvalue weighted by Crippen LogP contribution is 2.27. The number of nitrogens with one attached hydrogen (secondary N) is 3. The fourth-order valence-corrected chi connectivity index (χ4v) is 5.20. The lowest BCUT2D eigenvalue weighted by Gasteiger charge is -2.14. The summed E-state index contributed by atoms with van der Waals surface area (Å²) < 4.78 is 28.0. The van der Waals surface area contributed by atoms with E-state index in [9.17, 15) is 28.1 Å². The van der Waals surface area contributed by atoms with Crippen molar-refractivity contribution in [3.05, 3.63) is 99.4 Å². The predicted octanol–water partition coefficient (Wildman–Crippen LogP) is 3.69. The van der Waals surface area contributed by atoms with Crippen LogP contribution in [0.4, 0.5) is 11.4 Å². The molecule has 0 unspecified atom stereocenters. The summed E-state index contributed by atoms with van der Waals surface area (Å²) in [6, 6.07) is 18.1. The first kappa shape index (κ1) is 22.9. The molecule has 0 saturated carbocycles. The van der Waals surface area contributed by atoms with Crippen LogP contribution < -0.4 is 15.6 Å². The monoisotopic (exact) mass is 496 g/mol. The molecule has 4 aromatic rings. The maximum absolute atomic E-state index is 12.9. The molecule has 0 saturated heterocycles. The fraction of sp³-hybridized carbons (Fsp3) is 0. The third kappa shape index (κ3) is 4.87. The molecule has 10 nitrogen and oxygen atoms in total. The largest absolute Gasteiger partial charge is 0.278 e. The number of non-ortho nitro benzene ring substituents is 1. The van der Waals surface area contributed by atoms with E-state index in [1.54, 1.807) is 35.7 Å². The number of rotatable bonds is 6. The number of sulfonamides is 1. The molecule has 34 heavy (non-hydrogen) atoms. The molecule has 3 aromatic carbocycles. The van der Waals surface area contributed by atoms with Gasteiger partial charge in [-0.1, -0.05) is 36.4 Å². The number of carbonyl (C=O) groups is 2. The number of benzene rings is 3. The van der Waals surface area contributed by atoms with Crippen LogP contribution in [0.1, 0.15) is 20.7 Å².